The van der Waals surface area contributed by atoms with Gasteiger partial charge in [0.15, 0.2) is 0 Å². The fraction of sp³-hybridized carbons (Fsp3) is 0.136. The van der Waals surface area contributed by atoms with Crippen LogP contribution in [0.4, 0.5) is 8.78 Å². The van der Waals surface area contributed by atoms with Crippen molar-refractivity contribution in [3.63, 3.8) is 0 Å². The van der Waals surface area contributed by atoms with Gasteiger partial charge in [0.1, 0.15) is 11.5 Å². The lowest BCUT2D eigenvalue weighted by Crippen LogP contribution is -2.04. The van der Waals surface area contributed by atoms with Crippen molar-refractivity contribution in [2.75, 3.05) is 0 Å². The van der Waals surface area contributed by atoms with E-state index in [2.05, 4.69) is 20.1 Å². The molecule has 0 radical (unpaired) electrons. The second-order valence-electron chi connectivity index (χ2n) is 7.11. The zero-order chi connectivity index (χ0) is 21.7. The molecule has 2 N–H and O–H groups in total. The second-order valence-corrected chi connectivity index (χ2v) is 7.11. The Morgan fingerprint density at radius 1 is 1.10 bits per heavy atom. The molecule has 7 nitrogen and oxygen atoms in total. The minimum absolute atomic E-state index is 0.0187. The molecule has 156 valence electrons. The van der Waals surface area contributed by atoms with E-state index in [1.807, 2.05) is 6.92 Å². The molecule has 0 fully saturated rings. The summed E-state index contributed by atoms with van der Waals surface area (Å²) in [6.45, 7) is 0.578. The van der Waals surface area contributed by atoms with E-state index in [0.717, 1.165) is 11.1 Å². The van der Waals surface area contributed by atoms with Gasteiger partial charge in [-0.1, -0.05) is 11.2 Å². The van der Waals surface area contributed by atoms with Gasteiger partial charge < -0.3 is 19.2 Å². The molecule has 0 atom stereocenters. The molecule has 3 heterocycles. The molecule has 2 aromatic carbocycles. The number of ether oxygens (including phenoxy) is 1. The number of imidazole rings is 1. The maximum absolute atomic E-state index is 13.2. The van der Waals surface area contributed by atoms with Crippen molar-refractivity contribution in [1.29, 1.82) is 0 Å². The van der Waals surface area contributed by atoms with E-state index in [4.69, 9.17) is 9.26 Å². The van der Waals surface area contributed by atoms with Crippen molar-refractivity contribution in [3.8, 4) is 28.0 Å². The number of nitrogens with one attached hydrogen (secondary N) is 2. The predicted octanol–water partition coefficient (Wildman–Crippen LogP) is 4.94. The molecule has 31 heavy (non-hydrogen) atoms. The third-order valence-electron chi connectivity index (χ3n) is 5.18. The van der Waals surface area contributed by atoms with Gasteiger partial charge in [0, 0.05) is 28.3 Å². The van der Waals surface area contributed by atoms with Crippen LogP contribution in [0.2, 0.25) is 0 Å². The first-order valence-corrected chi connectivity index (χ1v) is 9.44. The van der Waals surface area contributed by atoms with Gasteiger partial charge in [0.2, 0.25) is 0 Å². The molecule has 5 aromatic rings. The summed E-state index contributed by atoms with van der Waals surface area (Å²) in [5.74, 6) is 0.582. The van der Waals surface area contributed by atoms with Crippen molar-refractivity contribution in [2.45, 2.75) is 20.5 Å². The maximum Gasteiger partial charge on any atom is 0.387 e. The highest BCUT2D eigenvalue weighted by atomic mass is 19.3. The van der Waals surface area contributed by atoms with Gasteiger partial charge in [-0.2, -0.15) is 8.78 Å². The lowest BCUT2D eigenvalue weighted by molar-refractivity contribution is -0.0493. The van der Waals surface area contributed by atoms with E-state index in [1.165, 1.54) is 6.07 Å². The van der Waals surface area contributed by atoms with E-state index >= 15 is 0 Å². The fourth-order valence-corrected chi connectivity index (χ4v) is 3.98. The molecule has 0 unspecified atom stereocenters. The third-order valence-corrected chi connectivity index (χ3v) is 5.18. The molecule has 0 saturated carbocycles. The molecular formula is C22H16F2N4O3. The monoisotopic (exact) mass is 422 g/mol. The summed E-state index contributed by atoms with van der Waals surface area (Å²) < 4.78 is 36.6. The zero-order valence-corrected chi connectivity index (χ0v) is 16.5. The molecule has 3 aromatic heterocycles. The summed E-state index contributed by atoms with van der Waals surface area (Å²) in [6.07, 6.45) is 1.62. The van der Waals surface area contributed by atoms with E-state index in [0.29, 0.717) is 44.5 Å². The van der Waals surface area contributed by atoms with E-state index in [1.54, 1.807) is 43.5 Å². The van der Waals surface area contributed by atoms with Gasteiger partial charge in [0.25, 0.3) is 0 Å². The van der Waals surface area contributed by atoms with Gasteiger partial charge in [-0.25, -0.2) is 4.79 Å². The SMILES string of the molecule is Cc1noc(C)c1-c1cc(-c2c(OC(F)F)ccc3ncccc23)c2[nH]c(=O)[nH]c2c1. The summed E-state index contributed by atoms with van der Waals surface area (Å²) in [6, 6.07) is 10.2. The number of hydrogen-bond acceptors (Lipinski definition) is 5. The third kappa shape index (κ3) is 3.14. The highest BCUT2D eigenvalue weighted by Crippen LogP contribution is 2.42. The molecule has 0 aliphatic heterocycles. The summed E-state index contributed by atoms with van der Waals surface area (Å²) in [4.78, 5) is 22.0. The molecule has 0 aliphatic carbocycles. The van der Waals surface area contributed by atoms with Gasteiger partial charge in [-0.05, 0) is 49.7 Å². The predicted molar refractivity (Wildman–Crippen MR) is 111 cm³/mol. The normalized spacial score (nSPS) is 11.6. The minimum Gasteiger partial charge on any atom is -0.434 e. The smallest absolute Gasteiger partial charge is 0.387 e. The lowest BCUT2D eigenvalue weighted by Gasteiger charge is -2.15. The van der Waals surface area contributed by atoms with Crippen molar-refractivity contribution in [3.05, 3.63) is 64.5 Å². The van der Waals surface area contributed by atoms with Gasteiger partial charge in [-0.15, -0.1) is 0 Å². The molecule has 0 saturated heterocycles. The molecule has 9 heteroatoms. The van der Waals surface area contributed by atoms with Crippen LogP contribution in [-0.2, 0) is 0 Å². The molecule has 0 amide bonds. The first-order chi connectivity index (χ1) is 14.9. The number of aromatic amines is 2. The Morgan fingerprint density at radius 2 is 1.94 bits per heavy atom. The second kappa shape index (κ2) is 7.05. The van der Waals surface area contributed by atoms with Crippen LogP contribution in [0.5, 0.6) is 5.75 Å². The standard InChI is InChI=1S/C22H16F2N4O3/c1-10-18(11(2)31-28-10)12-8-14(20-16(9-12)26-22(29)27-20)19-13-4-3-7-25-15(13)5-6-17(19)30-21(23)24/h3-9,21H,1-2H3,(H2,26,27,29). The fourth-order valence-electron chi connectivity index (χ4n) is 3.98. The van der Waals surface area contributed by atoms with Crippen LogP contribution in [0.1, 0.15) is 11.5 Å². The minimum atomic E-state index is -3.01. The summed E-state index contributed by atoms with van der Waals surface area (Å²) >= 11 is 0. The Kier molecular flexibility index (Phi) is 4.32. The Hall–Kier alpha value is -4.01. The Morgan fingerprint density at radius 3 is 2.68 bits per heavy atom. The van der Waals surface area contributed by atoms with Crippen LogP contribution in [0.15, 0.2) is 51.9 Å². The highest BCUT2D eigenvalue weighted by Gasteiger charge is 2.21. The molecule has 0 aliphatic rings. The average Bonchev–Trinajstić information content (AvgIpc) is 3.27. The number of alkyl halides is 2. The van der Waals surface area contributed by atoms with Crippen LogP contribution >= 0.6 is 0 Å². The Balaban J connectivity index is 1.91. The number of benzene rings is 2. The highest BCUT2D eigenvalue weighted by molar-refractivity contribution is 6.06. The van der Waals surface area contributed by atoms with Gasteiger partial charge in [-0.3, -0.25) is 4.98 Å². The number of aryl methyl sites for hydroxylation is 2. The number of pyridine rings is 1. The Bertz CT molecular complexity index is 1480. The number of aromatic nitrogens is 4. The van der Waals surface area contributed by atoms with Crippen LogP contribution in [0.3, 0.4) is 0 Å². The number of nitrogens with zero attached hydrogens (tertiary/aromatic N) is 2. The van der Waals surface area contributed by atoms with Crippen LogP contribution in [-0.4, -0.2) is 26.7 Å². The van der Waals surface area contributed by atoms with Crippen LogP contribution in [0, 0.1) is 13.8 Å². The van der Waals surface area contributed by atoms with Crippen LogP contribution < -0.4 is 10.4 Å². The van der Waals surface area contributed by atoms with E-state index < -0.39 is 12.3 Å². The van der Waals surface area contributed by atoms with E-state index in [-0.39, 0.29) is 5.75 Å². The van der Waals surface area contributed by atoms with Crippen molar-refractivity contribution in [2.24, 2.45) is 0 Å². The first kappa shape index (κ1) is 19.0. The summed E-state index contributed by atoms with van der Waals surface area (Å²) in [5.41, 5.74) is 4.24. The van der Waals surface area contributed by atoms with E-state index in [9.17, 15) is 13.6 Å². The van der Waals surface area contributed by atoms with Gasteiger partial charge >= 0.3 is 12.3 Å². The maximum atomic E-state index is 13.2. The largest absolute Gasteiger partial charge is 0.434 e. The van der Waals surface area contributed by atoms with Crippen LogP contribution in [0.25, 0.3) is 44.2 Å². The number of rotatable bonds is 4. The number of H-pyrrole nitrogens is 2. The number of fused-ring (bicyclic) bond motifs is 2. The van der Waals surface area contributed by atoms with Crippen molar-refractivity contribution in [1.82, 2.24) is 20.1 Å². The number of hydrogen-bond donors (Lipinski definition) is 2. The van der Waals surface area contributed by atoms with Crippen molar-refractivity contribution < 1.29 is 18.0 Å². The molecule has 0 spiro atoms. The summed E-state index contributed by atoms with van der Waals surface area (Å²) in [7, 11) is 0. The molecular weight excluding hydrogens is 406 g/mol. The van der Waals surface area contributed by atoms with Crippen molar-refractivity contribution >= 4 is 21.9 Å². The molecule has 0 bridgehead atoms. The van der Waals surface area contributed by atoms with Gasteiger partial charge in [0.05, 0.1) is 22.2 Å². The zero-order valence-electron chi connectivity index (χ0n) is 16.5. The molecule has 5 rings (SSSR count). The quantitative estimate of drug-likeness (QED) is 0.427. The topological polar surface area (TPSA) is 96.8 Å². The summed E-state index contributed by atoms with van der Waals surface area (Å²) in [5, 5.41) is 4.61. The average molecular weight is 422 g/mol. The lowest BCUT2D eigenvalue weighted by atomic mass is 9.94. The first-order valence-electron chi connectivity index (χ1n) is 9.44. The number of halogens is 2. The Labute approximate surface area is 173 Å².